The molecule has 4 nitrogen and oxygen atoms in total. The van der Waals surface area contributed by atoms with Gasteiger partial charge in [0.15, 0.2) is 0 Å². The first-order valence-electron chi connectivity index (χ1n) is 5.76. The van der Waals surface area contributed by atoms with Gasteiger partial charge in [-0.2, -0.15) is 0 Å². The van der Waals surface area contributed by atoms with Crippen LogP contribution in [0.25, 0.3) is 0 Å². The second-order valence-corrected chi connectivity index (χ2v) is 5.45. The van der Waals surface area contributed by atoms with Crippen LogP contribution in [0.4, 0.5) is 0 Å². The molecule has 1 fully saturated rings. The number of amides is 1. The summed E-state index contributed by atoms with van der Waals surface area (Å²) in [7, 11) is 1.34. The van der Waals surface area contributed by atoms with E-state index in [0.717, 1.165) is 16.4 Å². The lowest BCUT2D eigenvalue weighted by Gasteiger charge is -2.16. The van der Waals surface area contributed by atoms with Gasteiger partial charge in [-0.25, -0.2) is 4.79 Å². The lowest BCUT2D eigenvalue weighted by molar-refractivity contribution is -0.143. The van der Waals surface area contributed by atoms with Crippen LogP contribution < -0.4 is 5.32 Å². The topological polar surface area (TPSA) is 55.4 Å². The Morgan fingerprint density at radius 3 is 2.61 bits per heavy atom. The normalized spacial score (nSPS) is 15.9. The predicted molar refractivity (Wildman–Crippen MR) is 75.2 cm³/mol. The number of hydrogen-bond acceptors (Lipinski definition) is 3. The fraction of sp³-hybridized carbons (Fsp3) is 0.385. The largest absolute Gasteiger partial charge is 0.467 e. The SMILES string of the molecule is COC(=O)[C@@H](NC(=O)c1ccccc1I)C1CC1. The number of halogens is 1. The Morgan fingerprint density at radius 1 is 1.39 bits per heavy atom. The van der Waals surface area contributed by atoms with Crippen LogP contribution in [0.2, 0.25) is 0 Å². The molecule has 1 N–H and O–H groups in total. The molecule has 0 spiro atoms. The molecular weight excluding hydrogens is 345 g/mol. The van der Waals surface area contributed by atoms with Gasteiger partial charge in [0.25, 0.3) is 5.91 Å². The highest BCUT2D eigenvalue weighted by molar-refractivity contribution is 14.1. The van der Waals surface area contributed by atoms with Crippen molar-refractivity contribution in [2.45, 2.75) is 18.9 Å². The second kappa shape index (κ2) is 5.69. The Hall–Kier alpha value is -1.11. The van der Waals surface area contributed by atoms with Crippen LogP contribution in [0.1, 0.15) is 23.2 Å². The van der Waals surface area contributed by atoms with Gasteiger partial charge in [0.05, 0.1) is 12.7 Å². The van der Waals surface area contributed by atoms with Crippen LogP contribution in [-0.2, 0) is 9.53 Å². The molecule has 0 aliphatic heterocycles. The summed E-state index contributed by atoms with van der Waals surface area (Å²) in [5, 5.41) is 2.77. The van der Waals surface area contributed by atoms with E-state index in [4.69, 9.17) is 4.74 Å². The van der Waals surface area contributed by atoms with Crippen LogP contribution >= 0.6 is 22.6 Å². The molecule has 2 rings (SSSR count). The first-order valence-corrected chi connectivity index (χ1v) is 6.84. The Balaban J connectivity index is 2.10. The molecule has 0 radical (unpaired) electrons. The van der Waals surface area contributed by atoms with Gasteiger partial charge in [-0.15, -0.1) is 0 Å². The number of ether oxygens (including phenoxy) is 1. The van der Waals surface area contributed by atoms with Crippen LogP contribution in [0.5, 0.6) is 0 Å². The van der Waals surface area contributed by atoms with E-state index in [1.54, 1.807) is 12.1 Å². The maximum absolute atomic E-state index is 12.1. The lowest BCUT2D eigenvalue weighted by Crippen LogP contribution is -2.43. The Kier molecular flexibility index (Phi) is 4.21. The smallest absolute Gasteiger partial charge is 0.328 e. The van der Waals surface area contributed by atoms with Crippen molar-refractivity contribution in [1.29, 1.82) is 0 Å². The van der Waals surface area contributed by atoms with E-state index in [-0.39, 0.29) is 17.8 Å². The monoisotopic (exact) mass is 359 g/mol. The summed E-state index contributed by atoms with van der Waals surface area (Å²) >= 11 is 2.10. The average molecular weight is 359 g/mol. The molecule has 1 aliphatic carbocycles. The number of rotatable bonds is 4. The number of carbonyl (C=O) groups excluding carboxylic acids is 2. The van der Waals surface area contributed by atoms with E-state index in [0.29, 0.717) is 5.56 Å². The summed E-state index contributed by atoms with van der Waals surface area (Å²) in [5.41, 5.74) is 0.590. The number of benzene rings is 1. The Morgan fingerprint density at radius 2 is 2.06 bits per heavy atom. The molecule has 1 saturated carbocycles. The third-order valence-electron chi connectivity index (χ3n) is 2.95. The van der Waals surface area contributed by atoms with Gasteiger partial charge in [0, 0.05) is 3.57 Å². The molecule has 5 heteroatoms. The van der Waals surface area contributed by atoms with Crippen molar-refractivity contribution in [3.63, 3.8) is 0 Å². The molecule has 1 atom stereocenters. The van der Waals surface area contributed by atoms with E-state index in [1.165, 1.54) is 7.11 Å². The summed E-state index contributed by atoms with van der Waals surface area (Å²) < 4.78 is 5.59. The first kappa shape index (κ1) is 13.3. The van der Waals surface area contributed by atoms with Gasteiger partial charge in [-0.05, 0) is 53.5 Å². The number of nitrogens with one attached hydrogen (secondary N) is 1. The summed E-state index contributed by atoms with van der Waals surface area (Å²) in [6, 6.07) is 6.77. The zero-order valence-electron chi connectivity index (χ0n) is 9.98. The van der Waals surface area contributed by atoms with Gasteiger partial charge in [0.2, 0.25) is 0 Å². The maximum atomic E-state index is 12.1. The quantitative estimate of drug-likeness (QED) is 0.661. The highest BCUT2D eigenvalue weighted by Gasteiger charge is 2.38. The van der Waals surface area contributed by atoms with Crippen molar-refractivity contribution in [3.05, 3.63) is 33.4 Å². The highest BCUT2D eigenvalue weighted by Crippen LogP contribution is 2.33. The summed E-state index contributed by atoms with van der Waals surface area (Å²) in [6.07, 6.45) is 1.93. The zero-order chi connectivity index (χ0) is 13.1. The highest BCUT2D eigenvalue weighted by atomic mass is 127. The molecule has 0 unspecified atom stereocenters. The van der Waals surface area contributed by atoms with Crippen LogP contribution in [0.15, 0.2) is 24.3 Å². The van der Waals surface area contributed by atoms with Gasteiger partial charge in [0.1, 0.15) is 6.04 Å². The zero-order valence-corrected chi connectivity index (χ0v) is 12.1. The van der Waals surface area contributed by atoms with E-state index in [1.807, 2.05) is 12.1 Å². The standard InChI is InChI=1S/C13H14INO3/c1-18-13(17)11(8-6-7-8)15-12(16)9-4-2-3-5-10(9)14/h2-5,8,11H,6-7H2,1H3,(H,15,16)/t11-/m0/s1. The summed E-state index contributed by atoms with van der Waals surface area (Å²) in [6.45, 7) is 0. The molecule has 1 aromatic carbocycles. The van der Waals surface area contributed by atoms with Crippen LogP contribution in [0, 0.1) is 9.49 Å². The van der Waals surface area contributed by atoms with Gasteiger partial charge in [-0.1, -0.05) is 12.1 Å². The van der Waals surface area contributed by atoms with E-state index in [2.05, 4.69) is 27.9 Å². The van der Waals surface area contributed by atoms with Crippen molar-refractivity contribution in [1.82, 2.24) is 5.32 Å². The van der Waals surface area contributed by atoms with Crippen molar-refractivity contribution in [3.8, 4) is 0 Å². The van der Waals surface area contributed by atoms with Crippen LogP contribution in [-0.4, -0.2) is 25.0 Å². The lowest BCUT2D eigenvalue weighted by atomic mass is 10.1. The van der Waals surface area contributed by atoms with Gasteiger partial charge in [-0.3, -0.25) is 4.79 Å². The van der Waals surface area contributed by atoms with Gasteiger partial charge >= 0.3 is 5.97 Å². The summed E-state index contributed by atoms with van der Waals surface area (Å²) in [5.74, 6) is -0.359. The molecule has 0 saturated heterocycles. The Bertz CT molecular complexity index is 471. The fourth-order valence-corrected chi connectivity index (χ4v) is 2.42. The second-order valence-electron chi connectivity index (χ2n) is 4.29. The maximum Gasteiger partial charge on any atom is 0.328 e. The van der Waals surface area contributed by atoms with Crippen LogP contribution in [0.3, 0.4) is 0 Å². The molecule has 96 valence electrons. The van der Waals surface area contributed by atoms with E-state index >= 15 is 0 Å². The molecule has 1 aromatic rings. The third kappa shape index (κ3) is 3.01. The van der Waals surface area contributed by atoms with Crippen molar-refractivity contribution < 1.29 is 14.3 Å². The van der Waals surface area contributed by atoms with Crippen molar-refractivity contribution in [2.75, 3.05) is 7.11 Å². The first-order chi connectivity index (χ1) is 8.63. The average Bonchev–Trinajstić information content (AvgIpc) is 3.19. The third-order valence-corrected chi connectivity index (χ3v) is 3.89. The molecular formula is C13H14INO3. The molecule has 0 bridgehead atoms. The Labute approximate surface area is 119 Å². The molecule has 1 amide bonds. The molecule has 18 heavy (non-hydrogen) atoms. The number of carbonyl (C=O) groups is 2. The molecule has 0 heterocycles. The van der Waals surface area contributed by atoms with E-state index < -0.39 is 6.04 Å². The molecule has 0 aromatic heterocycles. The minimum absolute atomic E-state index is 0.220. The fourth-order valence-electron chi connectivity index (χ4n) is 1.79. The summed E-state index contributed by atoms with van der Waals surface area (Å²) in [4.78, 5) is 23.7. The minimum atomic E-state index is -0.515. The number of esters is 1. The number of hydrogen-bond donors (Lipinski definition) is 1. The number of methoxy groups -OCH3 is 1. The molecule has 1 aliphatic rings. The van der Waals surface area contributed by atoms with Crippen molar-refractivity contribution in [2.24, 2.45) is 5.92 Å². The van der Waals surface area contributed by atoms with Gasteiger partial charge < -0.3 is 10.1 Å². The predicted octanol–water partition coefficient (Wildman–Crippen LogP) is 1.97. The minimum Gasteiger partial charge on any atom is -0.467 e. The van der Waals surface area contributed by atoms with Crippen molar-refractivity contribution >= 4 is 34.5 Å². The van der Waals surface area contributed by atoms with E-state index in [9.17, 15) is 9.59 Å².